The van der Waals surface area contributed by atoms with E-state index in [-0.39, 0.29) is 11.9 Å². The van der Waals surface area contributed by atoms with Gasteiger partial charge in [-0.3, -0.25) is 9.69 Å². The number of amides is 1. The lowest BCUT2D eigenvalue weighted by molar-refractivity contribution is -0.122. The molecule has 114 valence electrons. The fourth-order valence-corrected chi connectivity index (χ4v) is 2.99. The molecular formula is C17H25N3O. The van der Waals surface area contributed by atoms with Crippen LogP contribution in [0.2, 0.25) is 0 Å². The highest BCUT2D eigenvalue weighted by Gasteiger charge is 2.30. The number of hydrogen-bond acceptors (Lipinski definition) is 3. The first-order valence-corrected chi connectivity index (χ1v) is 7.99. The number of aryl methyl sites for hydroxylation is 1. The average Bonchev–Trinajstić information content (AvgIpc) is 3.35. The molecule has 1 aliphatic carbocycles. The molecule has 2 unspecified atom stereocenters. The fourth-order valence-electron chi connectivity index (χ4n) is 2.99. The molecular weight excluding hydrogens is 262 g/mol. The van der Waals surface area contributed by atoms with Gasteiger partial charge in [0.15, 0.2) is 0 Å². The minimum atomic E-state index is -0.0988. The molecule has 21 heavy (non-hydrogen) atoms. The largest absolute Gasteiger partial charge is 0.373 e. The molecule has 1 amide bonds. The maximum absolute atomic E-state index is 12.3. The van der Waals surface area contributed by atoms with E-state index in [9.17, 15) is 4.79 Å². The van der Waals surface area contributed by atoms with E-state index in [1.54, 1.807) is 0 Å². The van der Waals surface area contributed by atoms with E-state index in [0.29, 0.717) is 6.04 Å². The Kier molecular flexibility index (Phi) is 4.15. The van der Waals surface area contributed by atoms with Crippen molar-refractivity contribution in [1.29, 1.82) is 0 Å². The molecule has 2 aliphatic rings. The van der Waals surface area contributed by atoms with Crippen LogP contribution in [0.25, 0.3) is 0 Å². The Balaban J connectivity index is 1.50. The molecule has 1 aromatic carbocycles. The van der Waals surface area contributed by atoms with Gasteiger partial charge in [-0.25, -0.2) is 0 Å². The van der Waals surface area contributed by atoms with Gasteiger partial charge < -0.3 is 10.6 Å². The molecule has 1 aromatic rings. The zero-order valence-electron chi connectivity index (χ0n) is 12.9. The Labute approximate surface area is 126 Å². The van der Waals surface area contributed by atoms with Crippen molar-refractivity contribution < 1.29 is 4.79 Å². The average molecular weight is 287 g/mol. The lowest BCUT2D eigenvalue weighted by Gasteiger charge is -2.28. The molecule has 0 spiro atoms. The van der Waals surface area contributed by atoms with Gasteiger partial charge in [0.1, 0.15) is 6.04 Å². The number of para-hydroxylation sites is 1. The van der Waals surface area contributed by atoms with Crippen LogP contribution in [0.15, 0.2) is 24.3 Å². The zero-order chi connectivity index (χ0) is 14.8. The number of benzene rings is 1. The summed E-state index contributed by atoms with van der Waals surface area (Å²) in [5.74, 6) is 0.126. The van der Waals surface area contributed by atoms with Crippen LogP contribution < -0.4 is 10.6 Å². The van der Waals surface area contributed by atoms with E-state index in [0.717, 1.165) is 31.1 Å². The van der Waals surface area contributed by atoms with Gasteiger partial charge in [-0.2, -0.15) is 0 Å². The van der Waals surface area contributed by atoms with Gasteiger partial charge >= 0.3 is 0 Å². The van der Waals surface area contributed by atoms with Gasteiger partial charge in [-0.15, -0.1) is 0 Å². The van der Waals surface area contributed by atoms with Crippen LogP contribution in [0, 0.1) is 0 Å². The van der Waals surface area contributed by atoms with Gasteiger partial charge in [0.2, 0.25) is 5.91 Å². The van der Waals surface area contributed by atoms with Crippen molar-refractivity contribution in [3.63, 3.8) is 0 Å². The molecule has 2 N–H and O–H groups in total. The van der Waals surface area contributed by atoms with E-state index >= 15 is 0 Å². The summed E-state index contributed by atoms with van der Waals surface area (Å²) in [6.45, 7) is 2.91. The number of nitrogens with one attached hydrogen (secondary N) is 2. The lowest BCUT2D eigenvalue weighted by Crippen LogP contribution is -2.47. The summed E-state index contributed by atoms with van der Waals surface area (Å²) in [5.41, 5.74) is 2.41. The second-order valence-corrected chi connectivity index (χ2v) is 6.38. The van der Waals surface area contributed by atoms with Crippen LogP contribution in [-0.4, -0.2) is 42.5 Å². The van der Waals surface area contributed by atoms with Gasteiger partial charge in [0.05, 0.1) is 0 Å². The second-order valence-electron chi connectivity index (χ2n) is 6.38. The topological polar surface area (TPSA) is 44.4 Å². The van der Waals surface area contributed by atoms with E-state index in [2.05, 4.69) is 47.7 Å². The van der Waals surface area contributed by atoms with Crippen molar-refractivity contribution in [2.75, 3.05) is 18.9 Å². The van der Waals surface area contributed by atoms with Crippen molar-refractivity contribution >= 4 is 11.6 Å². The molecule has 0 saturated heterocycles. The standard InChI is InChI=1S/C17H25N3O/c1-12(20(2)14-8-9-14)11-18-17(21)16-10-7-13-5-3-4-6-15(13)19-16/h3-6,12,14,16,19H,7-11H2,1-2H3,(H,18,21). The second kappa shape index (κ2) is 6.06. The molecule has 1 aliphatic heterocycles. The molecule has 4 heteroatoms. The maximum Gasteiger partial charge on any atom is 0.242 e. The summed E-state index contributed by atoms with van der Waals surface area (Å²) in [5, 5.41) is 6.46. The molecule has 0 bridgehead atoms. The molecule has 4 nitrogen and oxygen atoms in total. The molecule has 0 radical (unpaired) electrons. The third-order valence-electron chi connectivity index (χ3n) is 4.76. The van der Waals surface area contributed by atoms with E-state index in [1.807, 2.05) is 6.07 Å². The number of hydrogen-bond donors (Lipinski definition) is 2. The number of anilines is 1. The summed E-state index contributed by atoms with van der Waals surface area (Å²) >= 11 is 0. The van der Waals surface area contributed by atoms with Gasteiger partial charge in [0, 0.05) is 24.3 Å². The van der Waals surface area contributed by atoms with Crippen LogP contribution in [0.4, 0.5) is 5.69 Å². The van der Waals surface area contributed by atoms with Crippen molar-refractivity contribution in [3.8, 4) is 0 Å². The number of fused-ring (bicyclic) bond motifs is 1. The lowest BCUT2D eigenvalue weighted by atomic mass is 9.97. The minimum absolute atomic E-state index is 0.0988. The highest BCUT2D eigenvalue weighted by atomic mass is 16.2. The summed E-state index contributed by atoms with van der Waals surface area (Å²) in [6, 6.07) is 9.28. The monoisotopic (exact) mass is 287 g/mol. The van der Waals surface area contributed by atoms with Crippen LogP contribution in [0.1, 0.15) is 31.7 Å². The Bertz CT molecular complexity index is 513. The van der Waals surface area contributed by atoms with Crippen molar-refractivity contribution in [1.82, 2.24) is 10.2 Å². The SMILES string of the molecule is CC(CNC(=O)C1CCc2ccccc2N1)N(C)C1CC1. The number of nitrogens with zero attached hydrogens (tertiary/aromatic N) is 1. The van der Waals surface area contributed by atoms with Crippen molar-refractivity contribution in [3.05, 3.63) is 29.8 Å². The number of likely N-dealkylation sites (N-methyl/N-ethyl adjacent to an activating group) is 1. The summed E-state index contributed by atoms with van der Waals surface area (Å²) in [6.07, 6.45) is 4.44. The van der Waals surface area contributed by atoms with Gasteiger partial charge in [0.25, 0.3) is 0 Å². The van der Waals surface area contributed by atoms with Crippen LogP contribution in [0.3, 0.4) is 0 Å². The third-order valence-corrected chi connectivity index (χ3v) is 4.76. The van der Waals surface area contributed by atoms with Crippen LogP contribution in [-0.2, 0) is 11.2 Å². The number of carbonyl (C=O) groups excluding carboxylic acids is 1. The molecule has 3 rings (SSSR count). The van der Waals surface area contributed by atoms with Crippen molar-refractivity contribution in [2.45, 2.75) is 50.7 Å². The third kappa shape index (κ3) is 3.38. The summed E-state index contributed by atoms with van der Waals surface area (Å²) < 4.78 is 0. The molecule has 0 aromatic heterocycles. The Morgan fingerprint density at radius 3 is 2.90 bits per heavy atom. The highest BCUT2D eigenvalue weighted by Crippen LogP contribution is 2.27. The molecule has 1 heterocycles. The van der Waals surface area contributed by atoms with Crippen LogP contribution in [0.5, 0.6) is 0 Å². The van der Waals surface area contributed by atoms with E-state index in [1.165, 1.54) is 18.4 Å². The Hall–Kier alpha value is -1.55. The molecule has 1 fully saturated rings. The van der Waals surface area contributed by atoms with E-state index in [4.69, 9.17) is 0 Å². The number of rotatable bonds is 5. The predicted molar refractivity (Wildman–Crippen MR) is 85.4 cm³/mol. The summed E-state index contributed by atoms with van der Waals surface area (Å²) in [7, 11) is 2.16. The normalized spacial score (nSPS) is 22.3. The summed E-state index contributed by atoms with van der Waals surface area (Å²) in [4.78, 5) is 14.7. The zero-order valence-corrected chi connectivity index (χ0v) is 12.9. The molecule has 2 atom stereocenters. The highest BCUT2D eigenvalue weighted by molar-refractivity contribution is 5.85. The first-order valence-electron chi connectivity index (χ1n) is 7.99. The smallest absolute Gasteiger partial charge is 0.242 e. The minimum Gasteiger partial charge on any atom is -0.373 e. The van der Waals surface area contributed by atoms with E-state index < -0.39 is 0 Å². The Morgan fingerprint density at radius 1 is 1.38 bits per heavy atom. The number of carbonyl (C=O) groups is 1. The maximum atomic E-state index is 12.3. The van der Waals surface area contributed by atoms with Gasteiger partial charge in [-0.1, -0.05) is 18.2 Å². The first-order chi connectivity index (χ1) is 10.1. The first kappa shape index (κ1) is 14.4. The van der Waals surface area contributed by atoms with Crippen LogP contribution >= 0.6 is 0 Å². The van der Waals surface area contributed by atoms with Crippen molar-refractivity contribution in [2.24, 2.45) is 0 Å². The predicted octanol–water partition coefficient (Wildman–Crippen LogP) is 2.01. The Morgan fingerprint density at radius 2 is 2.14 bits per heavy atom. The molecule has 1 saturated carbocycles. The quantitative estimate of drug-likeness (QED) is 0.871. The fraction of sp³-hybridized carbons (Fsp3) is 0.588. The van der Waals surface area contributed by atoms with Gasteiger partial charge in [-0.05, 0) is 51.3 Å².